The molecule has 0 spiro atoms. The van der Waals surface area contributed by atoms with Crippen molar-refractivity contribution in [3.05, 3.63) is 36.5 Å². The first-order valence-corrected chi connectivity index (χ1v) is 6.20. The first-order valence-electron chi connectivity index (χ1n) is 6.20. The van der Waals surface area contributed by atoms with Gasteiger partial charge in [0.1, 0.15) is 11.5 Å². The van der Waals surface area contributed by atoms with Gasteiger partial charge in [-0.3, -0.25) is 0 Å². The number of aromatic nitrogens is 1. The molecule has 5 nitrogen and oxygen atoms in total. The molecule has 0 N–H and O–H groups in total. The maximum atomic E-state index is 5.30. The van der Waals surface area contributed by atoms with Gasteiger partial charge in [-0.05, 0) is 25.1 Å². The van der Waals surface area contributed by atoms with Crippen molar-refractivity contribution in [1.29, 1.82) is 0 Å². The lowest BCUT2D eigenvalue weighted by molar-refractivity contribution is 0.294. The molecule has 2 aromatic rings. The monoisotopic (exact) mass is 275 g/mol. The molecule has 0 bridgehead atoms. The summed E-state index contributed by atoms with van der Waals surface area (Å²) < 4.78 is 21.1. The Morgan fingerprint density at radius 3 is 2.60 bits per heavy atom. The van der Waals surface area contributed by atoms with Crippen LogP contribution in [0.5, 0.6) is 11.5 Å². The summed E-state index contributed by atoms with van der Waals surface area (Å²) >= 11 is 0. The molecule has 0 fully saturated rings. The smallest absolute Gasteiger partial charge is 0.167 e. The van der Waals surface area contributed by atoms with Gasteiger partial charge in [-0.25, -0.2) is 0 Å². The summed E-state index contributed by atoms with van der Waals surface area (Å²) in [5.41, 5.74) is 1.42. The number of rotatable bonds is 6. The predicted molar refractivity (Wildman–Crippen MR) is 75.7 cm³/mol. The third-order valence-corrected chi connectivity index (χ3v) is 2.78. The molecule has 2 rings (SSSR count). The van der Waals surface area contributed by atoms with Crippen molar-refractivity contribution >= 4 is 5.76 Å². The van der Waals surface area contributed by atoms with Gasteiger partial charge in [0.25, 0.3) is 0 Å². The van der Waals surface area contributed by atoms with Crippen molar-refractivity contribution in [2.45, 2.75) is 6.92 Å². The van der Waals surface area contributed by atoms with E-state index >= 15 is 0 Å². The predicted octanol–water partition coefficient (Wildman–Crippen LogP) is 3.37. The van der Waals surface area contributed by atoms with E-state index in [9.17, 15) is 0 Å². The van der Waals surface area contributed by atoms with E-state index in [0.29, 0.717) is 35.3 Å². The Labute approximate surface area is 117 Å². The molecule has 0 atom stereocenters. The van der Waals surface area contributed by atoms with Crippen LogP contribution in [0.2, 0.25) is 0 Å². The van der Waals surface area contributed by atoms with Gasteiger partial charge in [0.15, 0.2) is 17.3 Å². The zero-order valence-corrected chi connectivity index (χ0v) is 11.8. The van der Waals surface area contributed by atoms with E-state index in [1.807, 2.05) is 25.1 Å². The van der Waals surface area contributed by atoms with Gasteiger partial charge in [-0.2, -0.15) is 0 Å². The summed E-state index contributed by atoms with van der Waals surface area (Å²) in [6, 6.07) is 7.29. The Hall–Kier alpha value is -2.43. The average molecular weight is 275 g/mol. The van der Waals surface area contributed by atoms with Crippen LogP contribution in [-0.2, 0) is 4.74 Å². The van der Waals surface area contributed by atoms with E-state index in [-0.39, 0.29) is 0 Å². The van der Waals surface area contributed by atoms with Crippen molar-refractivity contribution in [3.8, 4) is 22.8 Å². The molecule has 0 unspecified atom stereocenters. The minimum absolute atomic E-state index is 0.489. The van der Waals surface area contributed by atoms with Crippen LogP contribution in [0.15, 0.2) is 35.4 Å². The van der Waals surface area contributed by atoms with Crippen molar-refractivity contribution in [1.82, 2.24) is 5.16 Å². The molecule has 1 heterocycles. The quantitative estimate of drug-likeness (QED) is 0.756. The van der Waals surface area contributed by atoms with E-state index in [0.717, 1.165) is 5.56 Å². The third kappa shape index (κ3) is 2.77. The highest BCUT2D eigenvalue weighted by molar-refractivity contribution is 5.66. The topological polar surface area (TPSA) is 53.7 Å². The van der Waals surface area contributed by atoms with Crippen molar-refractivity contribution < 1.29 is 18.7 Å². The van der Waals surface area contributed by atoms with Crippen LogP contribution in [0.3, 0.4) is 0 Å². The minimum Gasteiger partial charge on any atom is -0.493 e. The molecular weight excluding hydrogens is 258 g/mol. The summed E-state index contributed by atoms with van der Waals surface area (Å²) in [5, 5.41) is 3.94. The largest absolute Gasteiger partial charge is 0.493 e. The fourth-order valence-corrected chi connectivity index (χ4v) is 1.78. The highest BCUT2D eigenvalue weighted by Crippen LogP contribution is 2.33. The van der Waals surface area contributed by atoms with Crippen LogP contribution >= 0.6 is 0 Å². The summed E-state index contributed by atoms with van der Waals surface area (Å²) in [5.74, 6) is 2.39. The first-order chi connectivity index (χ1) is 9.69. The number of hydrogen-bond acceptors (Lipinski definition) is 5. The number of methoxy groups -OCH3 is 2. The van der Waals surface area contributed by atoms with Gasteiger partial charge >= 0.3 is 0 Å². The Bertz CT molecular complexity index is 604. The maximum Gasteiger partial charge on any atom is 0.167 e. The number of benzene rings is 1. The molecule has 0 radical (unpaired) electrons. The number of ether oxygens (including phenoxy) is 3. The second-order valence-corrected chi connectivity index (χ2v) is 4.00. The van der Waals surface area contributed by atoms with Crippen LogP contribution in [0.25, 0.3) is 17.1 Å². The molecule has 0 saturated heterocycles. The molecule has 0 amide bonds. The third-order valence-electron chi connectivity index (χ3n) is 2.78. The zero-order chi connectivity index (χ0) is 14.5. The highest BCUT2D eigenvalue weighted by atomic mass is 16.5. The number of hydrogen-bond donors (Lipinski definition) is 0. The molecular formula is C15H17NO4. The maximum absolute atomic E-state index is 5.30. The normalized spacial score (nSPS) is 10.2. The molecule has 0 aliphatic carbocycles. The van der Waals surface area contributed by atoms with Gasteiger partial charge < -0.3 is 18.7 Å². The standard InChI is InChI=1S/C15H17NO4/c1-5-19-10(2)12-9-14(20-16-12)11-6-7-13(17-3)15(8-11)18-4/h6-9H,2,5H2,1,3-4H3. The van der Waals surface area contributed by atoms with Gasteiger partial charge in [-0.1, -0.05) is 11.7 Å². The second-order valence-electron chi connectivity index (χ2n) is 4.00. The Balaban J connectivity index is 2.30. The van der Waals surface area contributed by atoms with Gasteiger partial charge in [-0.15, -0.1) is 0 Å². The van der Waals surface area contributed by atoms with Crippen LogP contribution in [0.4, 0.5) is 0 Å². The Morgan fingerprint density at radius 2 is 1.95 bits per heavy atom. The summed E-state index contributed by atoms with van der Waals surface area (Å²) in [6.07, 6.45) is 0. The van der Waals surface area contributed by atoms with Gasteiger partial charge in [0.05, 0.1) is 20.8 Å². The molecule has 0 aliphatic rings. The van der Waals surface area contributed by atoms with Crippen LogP contribution in [0, 0.1) is 0 Å². The molecule has 20 heavy (non-hydrogen) atoms. The lowest BCUT2D eigenvalue weighted by Crippen LogP contribution is -1.90. The SMILES string of the molecule is C=C(OCC)c1cc(-c2ccc(OC)c(OC)c2)on1. The molecule has 0 saturated carbocycles. The van der Waals surface area contributed by atoms with E-state index in [2.05, 4.69) is 11.7 Å². The van der Waals surface area contributed by atoms with Crippen LogP contribution in [0.1, 0.15) is 12.6 Å². The molecule has 106 valence electrons. The van der Waals surface area contributed by atoms with E-state index in [1.54, 1.807) is 20.3 Å². The Morgan fingerprint density at radius 1 is 1.20 bits per heavy atom. The highest BCUT2D eigenvalue weighted by Gasteiger charge is 2.12. The summed E-state index contributed by atoms with van der Waals surface area (Å²) in [6.45, 7) is 6.22. The minimum atomic E-state index is 0.489. The second kappa shape index (κ2) is 6.14. The van der Waals surface area contributed by atoms with E-state index in [4.69, 9.17) is 18.7 Å². The van der Waals surface area contributed by atoms with E-state index in [1.165, 1.54) is 0 Å². The number of nitrogens with zero attached hydrogens (tertiary/aromatic N) is 1. The Kier molecular flexibility index (Phi) is 4.30. The van der Waals surface area contributed by atoms with Crippen LogP contribution in [-0.4, -0.2) is 26.0 Å². The average Bonchev–Trinajstić information content (AvgIpc) is 2.96. The fraction of sp³-hybridized carbons (Fsp3) is 0.267. The fourth-order valence-electron chi connectivity index (χ4n) is 1.78. The van der Waals surface area contributed by atoms with Crippen LogP contribution < -0.4 is 9.47 Å². The van der Waals surface area contributed by atoms with Crippen molar-refractivity contribution in [2.75, 3.05) is 20.8 Å². The lowest BCUT2D eigenvalue weighted by atomic mass is 10.1. The molecule has 5 heteroatoms. The summed E-state index contributed by atoms with van der Waals surface area (Å²) in [7, 11) is 3.18. The lowest BCUT2D eigenvalue weighted by Gasteiger charge is -2.07. The van der Waals surface area contributed by atoms with Gasteiger partial charge in [0.2, 0.25) is 0 Å². The molecule has 0 aliphatic heterocycles. The first kappa shape index (κ1) is 14.0. The van der Waals surface area contributed by atoms with Crippen molar-refractivity contribution in [2.24, 2.45) is 0 Å². The molecule has 1 aromatic heterocycles. The summed E-state index contributed by atoms with van der Waals surface area (Å²) in [4.78, 5) is 0. The van der Waals surface area contributed by atoms with E-state index < -0.39 is 0 Å². The van der Waals surface area contributed by atoms with Crippen molar-refractivity contribution in [3.63, 3.8) is 0 Å². The van der Waals surface area contributed by atoms with Gasteiger partial charge in [0, 0.05) is 11.6 Å². The molecule has 1 aromatic carbocycles. The zero-order valence-electron chi connectivity index (χ0n) is 11.8.